The molecule has 0 aliphatic carbocycles. The summed E-state index contributed by atoms with van der Waals surface area (Å²) in [5.41, 5.74) is 0. The molecule has 65 heavy (non-hydrogen) atoms. The zero-order valence-corrected chi connectivity index (χ0v) is 41.2. The van der Waals surface area contributed by atoms with Gasteiger partial charge < -0.3 is 14.2 Å². The quantitative estimate of drug-likeness (QED) is 0.0199. The molecule has 0 bridgehead atoms. The van der Waals surface area contributed by atoms with Crippen molar-refractivity contribution in [3.63, 3.8) is 0 Å². The van der Waals surface area contributed by atoms with E-state index in [-0.39, 0.29) is 44.0 Å². The molecule has 6 heteroatoms. The van der Waals surface area contributed by atoms with E-state index in [1.54, 1.807) is 0 Å². The highest BCUT2D eigenvalue weighted by Crippen LogP contribution is 2.12. The number of unbranched alkanes of at least 4 members (excludes halogenated alkanes) is 15. The van der Waals surface area contributed by atoms with Crippen LogP contribution < -0.4 is 0 Å². The molecule has 362 valence electrons. The van der Waals surface area contributed by atoms with Crippen molar-refractivity contribution >= 4 is 17.9 Å². The van der Waals surface area contributed by atoms with Crippen LogP contribution in [0.15, 0.2) is 146 Å². The van der Waals surface area contributed by atoms with Gasteiger partial charge in [0.1, 0.15) is 13.2 Å². The van der Waals surface area contributed by atoms with Gasteiger partial charge in [-0.15, -0.1) is 0 Å². The van der Waals surface area contributed by atoms with Crippen LogP contribution >= 0.6 is 0 Å². The highest BCUT2D eigenvalue weighted by Gasteiger charge is 2.19. The van der Waals surface area contributed by atoms with Gasteiger partial charge in [-0.25, -0.2) is 0 Å². The molecule has 0 rings (SSSR count). The highest BCUT2D eigenvalue weighted by atomic mass is 16.6. The van der Waals surface area contributed by atoms with E-state index < -0.39 is 6.10 Å². The number of hydrogen-bond donors (Lipinski definition) is 0. The van der Waals surface area contributed by atoms with Gasteiger partial charge in [-0.3, -0.25) is 14.4 Å². The van der Waals surface area contributed by atoms with Gasteiger partial charge >= 0.3 is 17.9 Å². The number of carbonyl (C=O) groups is 3. The summed E-state index contributed by atoms with van der Waals surface area (Å²) in [5.74, 6) is -1.05. The SMILES string of the molecule is CC/C=C/C=C/C=C/C=C/C=C/CCCC(=O)OCC(COC(=O)CCCCCCC/C=C/C=C/C=C/C=C/CCCCC)OC(=O)CCCCCCCC/C=C/C/C=C/C/C=C/CC. The van der Waals surface area contributed by atoms with Crippen molar-refractivity contribution in [3.8, 4) is 0 Å². The Labute approximate surface area is 397 Å². The second-order valence-corrected chi connectivity index (χ2v) is 16.2. The summed E-state index contributed by atoms with van der Waals surface area (Å²) in [6.45, 7) is 6.22. The van der Waals surface area contributed by atoms with Crippen molar-refractivity contribution < 1.29 is 28.6 Å². The number of ether oxygens (including phenoxy) is 3. The summed E-state index contributed by atoms with van der Waals surface area (Å²) in [7, 11) is 0. The van der Waals surface area contributed by atoms with Crippen molar-refractivity contribution in [1.82, 2.24) is 0 Å². The van der Waals surface area contributed by atoms with Gasteiger partial charge in [0.25, 0.3) is 0 Å². The Morgan fingerprint density at radius 2 is 0.692 bits per heavy atom. The fourth-order valence-corrected chi connectivity index (χ4v) is 6.26. The molecular weight excluding hydrogens is 805 g/mol. The van der Waals surface area contributed by atoms with E-state index in [1.807, 2.05) is 54.7 Å². The standard InChI is InChI=1S/C59H90O6/c1-4-7-10-13-16-19-22-25-27-29-30-32-34-37-40-43-46-49-52-58(61)64-55-56(54-63-57(60)51-48-45-42-39-36-33-24-21-18-15-12-9-6-3)65-59(62)53-50-47-44-41-38-35-31-28-26-23-20-17-14-11-8-5-2/h8-9,11-12,15-22,24-30,32-33,36,39,42,56H,4-7,10,13-14,23,31,34-35,37-38,40-41,43-55H2,1-3H3/b11-8+,12-9+,18-15+,19-16+,20-17+,24-21+,25-22+,28-26+,29-27+,32-30+,36-33+,42-39+. The molecule has 0 heterocycles. The Hall–Kier alpha value is -4.71. The predicted octanol–water partition coefficient (Wildman–Crippen LogP) is 16.9. The van der Waals surface area contributed by atoms with Crippen LogP contribution in [-0.2, 0) is 28.6 Å². The Balaban J connectivity index is 4.58. The molecule has 0 spiro atoms. The summed E-state index contributed by atoms with van der Waals surface area (Å²) in [4.78, 5) is 38.0. The van der Waals surface area contributed by atoms with Gasteiger partial charge in [0.05, 0.1) is 0 Å². The van der Waals surface area contributed by atoms with E-state index >= 15 is 0 Å². The molecule has 1 atom stereocenters. The molecule has 0 fully saturated rings. The Bertz CT molecular complexity index is 1490. The second-order valence-electron chi connectivity index (χ2n) is 16.2. The number of hydrogen-bond acceptors (Lipinski definition) is 6. The third kappa shape index (κ3) is 50.2. The zero-order valence-electron chi connectivity index (χ0n) is 41.2. The van der Waals surface area contributed by atoms with Crippen LogP contribution in [0.2, 0.25) is 0 Å². The maximum atomic E-state index is 12.8. The molecule has 0 aromatic heterocycles. The van der Waals surface area contributed by atoms with Crippen molar-refractivity contribution in [3.05, 3.63) is 146 Å². The minimum absolute atomic E-state index is 0.125. The Morgan fingerprint density at radius 1 is 0.338 bits per heavy atom. The molecule has 0 aliphatic rings. The molecule has 6 nitrogen and oxygen atoms in total. The first-order valence-electron chi connectivity index (χ1n) is 25.5. The summed E-state index contributed by atoms with van der Waals surface area (Å²) in [5, 5.41) is 0. The number of rotatable bonds is 43. The van der Waals surface area contributed by atoms with Crippen LogP contribution in [0, 0.1) is 0 Å². The summed E-state index contributed by atoms with van der Waals surface area (Å²) < 4.78 is 16.7. The summed E-state index contributed by atoms with van der Waals surface area (Å²) >= 11 is 0. The Kier molecular flexibility index (Phi) is 48.2. The normalized spacial score (nSPS) is 13.3. The molecule has 0 saturated carbocycles. The lowest BCUT2D eigenvalue weighted by molar-refractivity contribution is -0.167. The molecule has 1 unspecified atom stereocenters. The topological polar surface area (TPSA) is 78.9 Å². The maximum absolute atomic E-state index is 12.8. The van der Waals surface area contributed by atoms with Crippen LogP contribution in [0.5, 0.6) is 0 Å². The average Bonchev–Trinajstić information content (AvgIpc) is 3.30. The molecule has 0 aromatic rings. The first kappa shape index (κ1) is 60.3. The molecule has 0 saturated heterocycles. The fourth-order valence-electron chi connectivity index (χ4n) is 6.26. The van der Waals surface area contributed by atoms with E-state index in [2.05, 4.69) is 112 Å². The zero-order chi connectivity index (χ0) is 47.2. The van der Waals surface area contributed by atoms with Crippen molar-refractivity contribution in [2.45, 2.75) is 194 Å². The van der Waals surface area contributed by atoms with Gasteiger partial charge in [-0.2, -0.15) is 0 Å². The van der Waals surface area contributed by atoms with E-state index in [0.717, 1.165) is 109 Å². The molecule has 0 aliphatic heterocycles. The van der Waals surface area contributed by atoms with Crippen molar-refractivity contribution in [2.75, 3.05) is 13.2 Å². The van der Waals surface area contributed by atoms with Crippen molar-refractivity contribution in [1.29, 1.82) is 0 Å². The van der Waals surface area contributed by atoms with Gasteiger partial charge in [0.15, 0.2) is 6.10 Å². The highest BCUT2D eigenvalue weighted by molar-refractivity contribution is 5.71. The van der Waals surface area contributed by atoms with Crippen LogP contribution in [0.1, 0.15) is 188 Å². The first-order valence-corrected chi connectivity index (χ1v) is 25.5. The monoisotopic (exact) mass is 895 g/mol. The largest absolute Gasteiger partial charge is 0.462 e. The number of allylic oxidation sites excluding steroid dienone is 24. The van der Waals surface area contributed by atoms with Crippen molar-refractivity contribution in [2.24, 2.45) is 0 Å². The third-order valence-corrected chi connectivity index (χ3v) is 10.0. The first-order chi connectivity index (χ1) is 32.0. The fraction of sp³-hybridized carbons (Fsp3) is 0.542. The van der Waals surface area contributed by atoms with Gasteiger partial charge in [-0.05, 0) is 89.9 Å². The van der Waals surface area contributed by atoms with E-state index in [4.69, 9.17) is 14.2 Å². The summed E-state index contributed by atoms with van der Waals surface area (Å²) in [6.07, 6.45) is 74.0. The lowest BCUT2D eigenvalue weighted by Crippen LogP contribution is -2.30. The van der Waals surface area contributed by atoms with Gasteiger partial charge in [-0.1, -0.05) is 224 Å². The van der Waals surface area contributed by atoms with E-state index in [1.165, 1.54) is 32.1 Å². The summed E-state index contributed by atoms with van der Waals surface area (Å²) in [6, 6.07) is 0. The lowest BCUT2D eigenvalue weighted by atomic mass is 10.1. The minimum Gasteiger partial charge on any atom is -0.462 e. The van der Waals surface area contributed by atoms with Gasteiger partial charge in [0, 0.05) is 19.3 Å². The van der Waals surface area contributed by atoms with Crippen LogP contribution in [0.25, 0.3) is 0 Å². The molecular formula is C59H90O6. The smallest absolute Gasteiger partial charge is 0.306 e. The molecule has 0 aromatic carbocycles. The van der Waals surface area contributed by atoms with Crippen LogP contribution in [0.4, 0.5) is 0 Å². The van der Waals surface area contributed by atoms with E-state index in [9.17, 15) is 14.4 Å². The van der Waals surface area contributed by atoms with Crippen LogP contribution in [-0.4, -0.2) is 37.2 Å². The molecule has 0 radical (unpaired) electrons. The predicted molar refractivity (Wildman–Crippen MR) is 279 cm³/mol. The molecule has 0 amide bonds. The maximum Gasteiger partial charge on any atom is 0.306 e. The second kappa shape index (κ2) is 51.9. The third-order valence-electron chi connectivity index (χ3n) is 10.0. The average molecular weight is 895 g/mol. The molecule has 0 N–H and O–H groups in total. The van der Waals surface area contributed by atoms with Crippen LogP contribution in [0.3, 0.4) is 0 Å². The Morgan fingerprint density at radius 3 is 1.18 bits per heavy atom. The number of esters is 3. The number of carbonyl (C=O) groups excluding carboxylic acids is 3. The lowest BCUT2D eigenvalue weighted by Gasteiger charge is -2.18. The minimum atomic E-state index is -0.830. The van der Waals surface area contributed by atoms with Gasteiger partial charge in [0.2, 0.25) is 0 Å². The van der Waals surface area contributed by atoms with E-state index in [0.29, 0.717) is 12.8 Å².